The zero-order chi connectivity index (χ0) is 12.4. The second kappa shape index (κ2) is 4.57. The zero-order valence-corrected chi connectivity index (χ0v) is 9.65. The second-order valence-electron chi connectivity index (χ2n) is 3.93. The molecule has 0 aliphatic carbocycles. The van der Waals surface area contributed by atoms with Crippen molar-refractivity contribution in [1.29, 1.82) is 0 Å². The van der Waals surface area contributed by atoms with Gasteiger partial charge in [0.25, 0.3) is 0 Å². The van der Waals surface area contributed by atoms with Crippen molar-refractivity contribution in [2.45, 2.75) is 12.5 Å². The Hall–Kier alpha value is -1.84. The Balaban J connectivity index is 2.23. The molecule has 1 saturated heterocycles. The average Bonchev–Trinajstić information content (AvgIpc) is 2.29. The summed E-state index contributed by atoms with van der Waals surface area (Å²) >= 11 is 0. The monoisotopic (exact) mass is 235 g/mol. The number of nitrogens with zero attached hydrogens (tertiary/aromatic N) is 1. The van der Waals surface area contributed by atoms with Gasteiger partial charge in [0, 0.05) is 6.54 Å². The summed E-state index contributed by atoms with van der Waals surface area (Å²) < 4.78 is 18.2. The van der Waals surface area contributed by atoms with E-state index in [1.165, 1.54) is 19.3 Å². The van der Waals surface area contributed by atoms with E-state index in [0.29, 0.717) is 0 Å². The SMILES string of the molecule is C=CC(=O)N1CCC1c1ccc(F)c(OC)c1. The summed E-state index contributed by atoms with van der Waals surface area (Å²) in [4.78, 5) is 13.2. The molecule has 1 aromatic rings. The third kappa shape index (κ3) is 2.02. The first-order chi connectivity index (χ1) is 8.17. The van der Waals surface area contributed by atoms with E-state index in [1.54, 1.807) is 17.0 Å². The molecule has 17 heavy (non-hydrogen) atoms. The fourth-order valence-corrected chi connectivity index (χ4v) is 2.00. The van der Waals surface area contributed by atoms with Crippen molar-refractivity contribution in [1.82, 2.24) is 4.90 Å². The Kier molecular flexibility index (Phi) is 3.13. The summed E-state index contributed by atoms with van der Waals surface area (Å²) in [5, 5.41) is 0. The summed E-state index contributed by atoms with van der Waals surface area (Å²) in [5.41, 5.74) is 0.893. The highest BCUT2D eigenvalue weighted by Crippen LogP contribution is 2.35. The minimum absolute atomic E-state index is 0.00926. The van der Waals surface area contributed by atoms with Crippen molar-refractivity contribution in [3.8, 4) is 5.75 Å². The average molecular weight is 235 g/mol. The number of likely N-dealkylation sites (tertiary alicyclic amines) is 1. The Morgan fingerprint density at radius 3 is 2.94 bits per heavy atom. The number of rotatable bonds is 3. The van der Waals surface area contributed by atoms with Crippen LogP contribution in [0.25, 0.3) is 0 Å². The number of benzene rings is 1. The number of carbonyl (C=O) groups excluding carboxylic acids is 1. The molecule has 1 aliphatic rings. The lowest BCUT2D eigenvalue weighted by atomic mass is 9.94. The maximum Gasteiger partial charge on any atom is 0.246 e. The molecule has 90 valence electrons. The van der Waals surface area contributed by atoms with Gasteiger partial charge in [-0.15, -0.1) is 0 Å². The molecule has 4 heteroatoms. The Labute approximate surface area is 99.5 Å². The molecule has 1 aliphatic heterocycles. The topological polar surface area (TPSA) is 29.5 Å². The van der Waals surface area contributed by atoms with E-state index >= 15 is 0 Å². The van der Waals surface area contributed by atoms with Gasteiger partial charge in [0.05, 0.1) is 13.2 Å². The van der Waals surface area contributed by atoms with Crippen molar-refractivity contribution >= 4 is 5.91 Å². The number of amides is 1. The van der Waals surface area contributed by atoms with E-state index in [2.05, 4.69) is 6.58 Å². The molecule has 3 nitrogen and oxygen atoms in total. The number of halogens is 1. The smallest absolute Gasteiger partial charge is 0.246 e. The summed E-state index contributed by atoms with van der Waals surface area (Å²) in [7, 11) is 1.43. The van der Waals surface area contributed by atoms with Crippen LogP contribution in [0.4, 0.5) is 4.39 Å². The molecule has 1 unspecified atom stereocenters. The molecule has 1 atom stereocenters. The van der Waals surface area contributed by atoms with E-state index in [-0.39, 0.29) is 17.7 Å². The molecule has 0 spiro atoms. The normalized spacial score (nSPS) is 18.5. The highest BCUT2D eigenvalue weighted by Gasteiger charge is 2.32. The molecule has 2 rings (SSSR count). The predicted octanol–water partition coefficient (Wildman–Crippen LogP) is 2.29. The molecule has 0 saturated carbocycles. The second-order valence-corrected chi connectivity index (χ2v) is 3.93. The first-order valence-electron chi connectivity index (χ1n) is 5.44. The van der Waals surface area contributed by atoms with Crippen molar-refractivity contribution in [3.63, 3.8) is 0 Å². The van der Waals surface area contributed by atoms with Crippen LogP contribution in [0.5, 0.6) is 5.75 Å². The Bertz CT molecular complexity index is 459. The minimum atomic E-state index is -0.392. The molecule has 1 aromatic carbocycles. The highest BCUT2D eigenvalue weighted by molar-refractivity contribution is 5.88. The van der Waals surface area contributed by atoms with Gasteiger partial charge in [0.1, 0.15) is 0 Å². The van der Waals surface area contributed by atoms with Crippen molar-refractivity contribution in [2.24, 2.45) is 0 Å². The van der Waals surface area contributed by atoms with Crippen LogP contribution < -0.4 is 4.74 Å². The summed E-state index contributed by atoms with van der Waals surface area (Å²) in [6.07, 6.45) is 2.18. The third-order valence-electron chi connectivity index (χ3n) is 3.04. The van der Waals surface area contributed by atoms with E-state index in [0.717, 1.165) is 18.5 Å². The predicted molar refractivity (Wildman–Crippen MR) is 62.2 cm³/mol. The first kappa shape index (κ1) is 11.6. The van der Waals surface area contributed by atoms with Gasteiger partial charge in [0.2, 0.25) is 5.91 Å². The van der Waals surface area contributed by atoms with Gasteiger partial charge in [-0.2, -0.15) is 0 Å². The van der Waals surface area contributed by atoms with Gasteiger partial charge in [-0.3, -0.25) is 4.79 Å². The van der Waals surface area contributed by atoms with Crippen molar-refractivity contribution < 1.29 is 13.9 Å². The van der Waals surface area contributed by atoms with E-state index in [9.17, 15) is 9.18 Å². The van der Waals surface area contributed by atoms with Crippen LogP contribution in [0.3, 0.4) is 0 Å². The molecular formula is C13H14FNO2. The molecular weight excluding hydrogens is 221 g/mol. The maximum atomic E-state index is 13.3. The third-order valence-corrected chi connectivity index (χ3v) is 3.04. The molecule has 1 amide bonds. The quantitative estimate of drug-likeness (QED) is 0.752. The highest BCUT2D eigenvalue weighted by atomic mass is 19.1. The summed E-state index contributed by atoms with van der Waals surface area (Å²) in [6.45, 7) is 4.18. The summed E-state index contributed by atoms with van der Waals surface area (Å²) in [6, 6.07) is 4.70. The van der Waals surface area contributed by atoms with Gasteiger partial charge >= 0.3 is 0 Å². The van der Waals surface area contributed by atoms with Crippen LogP contribution in [0, 0.1) is 5.82 Å². The lowest BCUT2D eigenvalue weighted by Crippen LogP contribution is -2.44. The largest absolute Gasteiger partial charge is 0.494 e. The van der Waals surface area contributed by atoms with Crippen molar-refractivity contribution in [3.05, 3.63) is 42.2 Å². The number of carbonyl (C=O) groups is 1. The number of hydrogen-bond donors (Lipinski definition) is 0. The number of methoxy groups -OCH3 is 1. The van der Waals surface area contributed by atoms with Crippen LogP contribution in [0.2, 0.25) is 0 Å². The number of hydrogen-bond acceptors (Lipinski definition) is 2. The van der Waals surface area contributed by atoms with Crippen LogP contribution in [0.1, 0.15) is 18.0 Å². The molecule has 1 heterocycles. The van der Waals surface area contributed by atoms with E-state index in [4.69, 9.17) is 4.74 Å². The molecule has 0 aromatic heterocycles. The Morgan fingerprint density at radius 1 is 1.65 bits per heavy atom. The summed E-state index contributed by atoms with van der Waals surface area (Å²) in [5.74, 6) is -0.276. The molecule has 0 radical (unpaired) electrons. The van der Waals surface area contributed by atoms with E-state index in [1.807, 2.05) is 0 Å². The number of ether oxygens (including phenoxy) is 1. The standard InChI is InChI=1S/C13H14FNO2/c1-3-13(16)15-7-6-11(15)9-4-5-10(14)12(8-9)17-2/h3-5,8,11H,1,6-7H2,2H3. The molecule has 1 fully saturated rings. The fraction of sp³-hybridized carbons (Fsp3) is 0.308. The van der Waals surface area contributed by atoms with Crippen LogP contribution in [0.15, 0.2) is 30.9 Å². The maximum absolute atomic E-state index is 13.3. The fourth-order valence-electron chi connectivity index (χ4n) is 2.00. The van der Waals surface area contributed by atoms with Gasteiger partial charge in [-0.25, -0.2) is 4.39 Å². The Morgan fingerprint density at radius 2 is 2.41 bits per heavy atom. The van der Waals surface area contributed by atoms with Gasteiger partial charge in [0.15, 0.2) is 11.6 Å². The van der Waals surface area contributed by atoms with Crippen molar-refractivity contribution in [2.75, 3.05) is 13.7 Å². The lowest BCUT2D eigenvalue weighted by molar-refractivity contribution is -0.133. The van der Waals surface area contributed by atoms with Gasteiger partial charge < -0.3 is 9.64 Å². The molecule has 0 bridgehead atoms. The van der Waals surface area contributed by atoms with Crippen LogP contribution >= 0.6 is 0 Å². The molecule has 0 N–H and O–H groups in total. The van der Waals surface area contributed by atoms with E-state index < -0.39 is 5.82 Å². The van der Waals surface area contributed by atoms with Crippen LogP contribution in [-0.2, 0) is 4.79 Å². The van der Waals surface area contributed by atoms with Crippen LogP contribution in [-0.4, -0.2) is 24.5 Å². The van der Waals surface area contributed by atoms with Gasteiger partial charge in [-0.1, -0.05) is 12.6 Å². The lowest BCUT2D eigenvalue weighted by Gasteiger charge is -2.40. The zero-order valence-electron chi connectivity index (χ0n) is 9.65. The minimum Gasteiger partial charge on any atom is -0.494 e. The van der Waals surface area contributed by atoms with Gasteiger partial charge in [-0.05, 0) is 30.2 Å². The first-order valence-corrected chi connectivity index (χ1v) is 5.44.